The van der Waals surface area contributed by atoms with E-state index in [1.807, 2.05) is 31.2 Å². The van der Waals surface area contributed by atoms with E-state index in [2.05, 4.69) is 5.32 Å². The number of ether oxygens (including phenoxy) is 1. The number of rotatable bonds is 5. The van der Waals surface area contributed by atoms with Crippen LogP contribution in [0.25, 0.3) is 0 Å². The molecule has 1 amide bonds. The van der Waals surface area contributed by atoms with Gasteiger partial charge < -0.3 is 10.1 Å². The van der Waals surface area contributed by atoms with Gasteiger partial charge in [-0.3, -0.25) is 9.10 Å². The molecule has 1 atom stereocenters. The number of fused-ring (bicyclic) bond motifs is 1. The highest BCUT2D eigenvalue weighted by molar-refractivity contribution is 7.99. The SMILES string of the molecule is CCSc1ccccc1NC(=O)[C@@H]1CN(S(C)(=O)=O)c2ccccc2O1. The smallest absolute Gasteiger partial charge is 0.267 e. The molecule has 0 fully saturated rings. The molecule has 8 heteroatoms. The molecule has 6 nitrogen and oxygen atoms in total. The first-order valence-corrected chi connectivity index (χ1v) is 11.0. The molecule has 1 aliphatic heterocycles. The van der Waals surface area contributed by atoms with Crippen molar-refractivity contribution in [3.8, 4) is 5.75 Å². The Balaban J connectivity index is 1.85. The lowest BCUT2D eigenvalue weighted by atomic mass is 10.2. The summed E-state index contributed by atoms with van der Waals surface area (Å²) < 4.78 is 31.3. The Hall–Kier alpha value is -2.19. The lowest BCUT2D eigenvalue weighted by Crippen LogP contribution is -2.48. The molecule has 0 radical (unpaired) electrons. The summed E-state index contributed by atoms with van der Waals surface area (Å²) in [6.45, 7) is 1.97. The molecule has 0 bridgehead atoms. The standard InChI is InChI=1S/C18H20N2O4S2/c1-3-25-17-11-7-4-8-13(17)19-18(21)16-12-20(26(2,22)23)14-9-5-6-10-15(14)24-16/h4-11,16H,3,12H2,1-2H3,(H,19,21)/t16-/m0/s1. The number of sulfonamides is 1. The van der Waals surface area contributed by atoms with Crippen molar-refractivity contribution in [2.45, 2.75) is 17.9 Å². The molecule has 1 N–H and O–H groups in total. The molecular formula is C18H20N2O4S2. The second-order valence-corrected chi connectivity index (χ2v) is 9.00. The van der Waals surface area contributed by atoms with E-state index in [9.17, 15) is 13.2 Å². The van der Waals surface area contributed by atoms with E-state index in [0.29, 0.717) is 17.1 Å². The Morgan fingerprint density at radius 2 is 1.92 bits per heavy atom. The van der Waals surface area contributed by atoms with E-state index in [-0.39, 0.29) is 12.5 Å². The second kappa shape index (κ2) is 7.59. The summed E-state index contributed by atoms with van der Waals surface area (Å²) >= 11 is 1.62. The van der Waals surface area contributed by atoms with E-state index in [1.54, 1.807) is 36.0 Å². The van der Waals surface area contributed by atoms with Gasteiger partial charge in [0.1, 0.15) is 5.75 Å². The van der Waals surface area contributed by atoms with Crippen molar-refractivity contribution in [1.82, 2.24) is 0 Å². The number of nitrogens with one attached hydrogen (secondary N) is 1. The van der Waals surface area contributed by atoms with Crippen LogP contribution < -0.4 is 14.4 Å². The van der Waals surface area contributed by atoms with Gasteiger partial charge in [0, 0.05) is 4.90 Å². The first-order valence-electron chi connectivity index (χ1n) is 8.16. The highest BCUT2D eigenvalue weighted by atomic mass is 32.2. The van der Waals surface area contributed by atoms with Gasteiger partial charge in [-0.05, 0) is 30.0 Å². The molecule has 3 rings (SSSR count). The van der Waals surface area contributed by atoms with Crippen molar-refractivity contribution in [3.63, 3.8) is 0 Å². The first-order chi connectivity index (χ1) is 12.4. The fourth-order valence-corrected chi connectivity index (χ4v) is 4.39. The zero-order valence-corrected chi connectivity index (χ0v) is 16.1. The van der Waals surface area contributed by atoms with Crippen molar-refractivity contribution in [1.29, 1.82) is 0 Å². The maximum Gasteiger partial charge on any atom is 0.267 e. The Kier molecular flexibility index (Phi) is 5.43. The summed E-state index contributed by atoms with van der Waals surface area (Å²) in [4.78, 5) is 13.7. The van der Waals surface area contributed by atoms with Gasteiger partial charge in [0.25, 0.3) is 5.91 Å². The van der Waals surface area contributed by atoms with E-state index in [1.165, 1.54) is 4.31 Å². The Labute approximate surface area is 157 Å². The lowest BCUT2D eigenvalue weighted by molar-refractivity contribution is -0.122. The van der Waals surface area contributed by atoms with Crippen molar-refractivity contribution in [2.75, 3.05) is 28.2 Å². The van der Waals surface area contributed by atoms with E-state index < -0.39 is 16.1 Å². The Morgan fingerprint density at radius 3 is 2.65 bits per heavy atom. The predicted molar refractivity (Wildman–Crippen MR) is 105 cm³/mol. The molecule has 1 aliphatic rings. The average molecular weight is 393 g/mol. The molecule has 1 heterocycles. The largest absolute Gasteiger partial charge is 0.476 e. The zero-order chi connectivity index (χ0) is 18.7. The second-order valence-electron chi connectivity index (χ2n) is 5.79. The third-order valence-corrected chi connectivity index (χ3v) is 5.97. The molecule has 26 heavy (non-hydrogen) atoms. The number of anilines is 2. The number of hydrogen-bond acceptors (Lipinski definition) is 5. The fourth-order valence-electron chi connectivity index (χ4n) is 2.72. The number of carbonyl (C=O) groups is 1. The van der Waals surface area contributed by atoms with Crippen molar-refractivity contribution < 1.29 is 17.9 Å². The third-order valence-electron chi connectivity index (χ3n) is 3.87. The number of benzene rings is 2. The predicted octanol–water partition coefficient (Wildman–Crippen LogP) is 2.96. The van der Waals surface area contributed by atoms with Crippen LogP contribution in [0.4, 0.5) is 11.4 Å². The summed E-state index contributed by atoms with van der Waals surface area (Å²) in [6, 6.07) is 14.3. The minimum absolute atomic E-state index is 0.0647. The van der Waals surface area contributed by atoms with Crippen molar-refractivity contribution in [3.05, 3.63) is 48.5 Å². The summed E-state index contributed by atoms with van der Waals surface area (Å²) in [6.07, 6.45) is 0.191. The van der Waals surface area contributed by atoms with Gasteiger partial charge in [0.2, 0.25) is 10.0 Å². The molecule has 0 saturated heterocycles. The van der Waals surface area contributed by atoms with Crippen LogP contribution in [0.15, 0.2) is 53.4 Å². The first kappa shape index (κ1) is 18.6. The van der Waals surface area contributed by atoms with Crippen LogP contribution in [0.5, 0.6) is 5.75 Å². The molecule has 2 aromatic rings. The van der Waals surface area contributed by atoms with Gasteiger partial charge in [0.05, 0.1) is 24.2 Å². The summed E-state index contributed by atoms with van der Waals surface area (Å²) in [5, 5.41) is 2.86. The van der Waals surface area contributed by atoms with Gasteiger partial charge in [-0.2, -0.15) is 0 Å². The highest BCUT2D eigenvalue weighted by Crippen LogP contribution is 2.35. The molecule has 0 unspecified atom stereocenters. The van der Waals surface area contributed by atoms with E-state index in [0.717, 1.165) is 16.9 Å². The average Bonchev–Trinajstić information content (AvgIpc) is 2.61. The number of amides is 1. The van der Waals surface area contributed by atoms with Crippen LogP contribution in [0.2, 0.25) is 0 Å². The van der Waals surface area contributed by atoms with E-state index in [4.69, 9.17) is 4.74 Å². The molecule has 0 spiro atoms. The Bertz CT molecular complexity index is 915. The van der Waals surface area contributed by atoms with Crippen LogP contribution in [0, 0.1) is 0 Å². The fraction of sp³-hybridized carbons (Fsp3) is 0.278. The minimum atomic E-state index is -3.53. The van der Waals surface area contributed by atoms with E-state index >= 15 is 0 Å². The van der Waals surface area contributed by atoms with Gasteiger partial charge in [0.15, 0.2) is 6.10 Å². The topological polar surface area (TPSA) is 75.7 Å². The summed E-state index contributed by atoms with van der Waals surface area (Å²) in [7, 11) is -3.53. The van der Waals surface area contributed by atoms with Crippen LogP contribution in [-0.2, 0) is 14.8 Å². The zero-order valence-electron chi connectivity index (χ0n) is 14.5. The summed E-state index contributed by atoms with van der Waals surface area (Å²) in [5.41, 5.74) is 1.14. The highest BCUT2D eigenvalue weighted by Gasteiger charge is 2.35. The van der Waals surface area contributed by atoms with Gasteiger partial charge in [-0.1, -0.05) is 31.2 Å². The monoisotopic (exact) mass is 392 g/mol. The van der Waals surface area contributed by atoms with Crippen LogP contribution in [-0.4, -0.2) is 39.0 Å². The van der Waals surface area contributed by atoms with Crippen molar-refractivity contribution in [2.24, 2.45) is 0 Å². The Morgan fingerprint density at radius 1 is 1.23 bits per heavy atom. The maximum absolute atomic E-state index is 12.7. The van der Waals surface area contributed by atoms with Gasteiger partial charge in [-0.15, -0.1) is 11.8 Å². The van der Waals surface area contributed by atoms with Crippen LogP contribution in [0.3, 0.4) is 0 Å². The number of para-hydroxylation sites is 3. The van der Waals surface area contributed by atoms with Gasteiger partial charge in [-0.25, -0.2) is 8.42 Å². The molecule has 2 aromatic carbocycles. The normalized spacial score (nSPS) is 16.5. The van der Waals surface area contributed by atoms with Crippen LogP contribution in [0.1, 0.15) is 6.92 Å². The summed E-state index contributed by atoms with van der Waals surface area (Å²) in [5.74, 6) is 0.875. The molecule has 0 aromatic heterocycles. The minimum Gasteiger partial charge on any atom is -0.476 e. The van der Waals surface area contributed by atoms with Gasteiger partial charge >= 0.3 is 0 Å². The number of thioether (sulfide) groups is 1. The number of hydrogen-bond donors (Lipinski definition) is 1. The quantitative estimate of drug-likeness (QED) is 0.792. The maximum atomic E-state index is 12.7. The molecule has 0 saturated carbocycles. The number of nitrogens with zero attached hydrogens (tertiary/aromatic N) is 1. The van der Waals surface area contributed by atoms with Crippen LogP contribution >= 0.6 is 11.8 Å². The lowest BCUT2D eigenvalue weighted by Gasteiger charge is -2.33. The molecule has 138 valence electrons. The third kappa shape index (κ3) is 3.96. The number of carbonyl (C=O) groups excluding carboxylic acids is 1. The van der Waals surface area contributed by atoms with Crippen molar-refractivity contribution >= 4 is 39.1 Å². The molecular weight excluding hydrogens is 372 g/mol. The molecule has 0 aliphatic carbocycles.